The quantitative estimate of drug-likeness (QED) is 0.945. The Labute approximate surface area is 135 Å². The van der Waals surface area contributed by atoms with Crippen LogP contribution in [0.1, 0.15) is 48.2 Å². The van der Waals surface area contributed by atoms with Crippen LogP contribution in [0.4, 0.5) is 0 Å². The van der Waals surface area contributed by atoms with E-state index in [9.17, 15) is 4.79 Å². The van der Waals surface area contributed by atoms with Crippen molar-refractivity contribution in [3.8, 4) is 0 Å². The Morgan fingerprint density at radius 3 is 2.50 bits per heavy atom. The lowest BCUT2D eigenvalue weighted by Gasteiger charge is -2.17. The summed E-state index contributed by atoms with van der Waals surface area (Å²) in [6.07, 6.45) is 1.79. The molecule has 0 atom stereocenters. The van der Waals surface area contributed by atoms with Gasteiger partial charge in [0.15, 0.2) is 0 Å². The highest BCUT2D eigenvalue weighted by Gasteiger charge is 2.18. The number of aryl methyl sites for hydroxylation is 2. The van der Waals surface area contributed by atoms with Crippen LogP contribution >= 0.6 is 11.6 Å². The van der Waals surface area contributed by atoms with Crippen LogP contribution in [0, 0.1) is 6.92 Å². The first-order valence-electron chi connectivity index (χ1n) is 7.13. The molecule has 6 heteroatoms. The van der Waals surface area contributed by atoms with Gasteiger partial charge in [0, 0.05) is 30.9 Å². The number of hydrogen-bond acceptors (Lipinski definition) is 3. The molecule has 0 aliphatic rings. The molecule has 2 heterocycles. The molecule has 118 valence electrons. The molecule has 0 aliphatic heterocycles. The Bertz CT molecular complexity index is 683. The van der Waals surface area contributed by atoms with Gasteiger partial charge in [-0.2, -0.15) is 5.10 Å². The fraction of sp³-hybridized carbons (Fsp3) is 0.438. The van der Waals surface area contributed by atoms with Crippen LogP contribution in [-0.4, -0.2) is 20.7 Å². The number of amides is 1. The molecule has 5 nitrogen and oxygen atoms in total. The first-order valence-corrected chi connectivity index (χ1v) is 7.50. The summed E-state index contributed by atoms with van der Waals surface area (Å²) in [5.41, 5.74) is 3.00. The maximum Gasteiger partial charge on any atom is 0.271 e. The summed E-state index contributed by atoms with van der Waals surface area (Å²) in [6.45, 7) is 8.52. The molecule has 2 aromatic heterocycles. The van der Waals surface area contributed by atoms with Crippen molar-refractivity contribution in [2.45, 2.75) is 39.7 Å². The first kappa shape index (κ1) is 16.5. The standard InChI is InChI=1S/C16H21ClN4O/c1-10-13(17)14(21(5)20-10)15(22)19-9-11-6-7-12(18-8-11)16(2,3)4/h6-8H,9H2,1-5H3,(H,19,22). The lowest BCUT2D eigenvalue weighted by Crippen LogP contribution is -2.25. The van der Waals surface area contributed by atoms with Gasteiger partial charge in [-0.3, -0.25) is 14.5 Å². The van der Waals surface area contributed by atoms with E-state index in [1.807, 2.05) is 12.1 Å². The van der Waals surface area contributed by atoms with Crippen LogP contribution in [0.2, 0.25) is 5.02 Å². The molecule has 0 aromatic carbocycles. The van der Waals surface area contributed by atoms with Crippen LogP contribution in [0.3, 0.4) is 0 Å². The van der Waals surface area contributed by atoms with E-state index in [0.29, 0.717) is 23.0 Å². The lowest BCUT2D eigenvalue weighted by molar-refractivity contribution is 0.0941. The van der Waals surface area contributed by atoms with Gasteiger partial charge in [-0.25, -0.2) is 0 Å². The number of carbonyl (C=O) groups excluding carboxylic acids is 1. The SMILES string of the molecule is Cc1nn(C)c(C(=O)NCc2ccc(C(C)(C)C)nc2)c1Cl. The van der Waals surface area contributed by atoms with Gasteiger partial charge >= 0.3 is 0 Å². The van der Waals surface area contributed by atoms with Crippen LogP contribution < -0.4 is 5.32 Å². The zero-order valence-corrected chi connectivity index (χ0v) is 14.3. The maximum absolute atomic E-state index is 12.2. The minimum absolute atomic E-state index is 0.0154. The van der Waals surface area contributed by atoms with Gasteiger partial charge in [-0.15, -0.1) is 0 Å². The molecule has 0 spiro atoms. The predicted molar refractivity (Wildman–Crippen MR) is 87.1 cm³/mol. The van der Waals surface area contributed by atoms with Crippen molar-refractivity contribution in [1.29, 1.82) is 0 Å². The molecule has 22 heavy (non-hydrogen) atoms. The summed E-state index contributed by atoms with van der Waals surface area (Å²) in [5, 5.41) is 7.37. The zero-order chi connectivity index (χ0) is 16.5. The highest BCUT2D eigenvalue weighted by molar-refractivity contribution is 6.34. The van der Waals surface area contributed by atoms with Gasteiger partial charge in [-0.05, 0) is 18.6 Å². The van der Waals surface area contributed by atoms with Gasteiger partial charge in [0.25, 0.3) is 5.91 Å². The zero-order valence-electron chi connectivity index (χ0n) is 13.6. The topological polar surface area (TPSA) is 59.8 Å². The fourth-order valence-electron chi connectivity index (χ4n) is 2.12. The molecule has 0 saturated heterocycles. The molecule has 0 unspecified atom stereocenters. The second-order valence-corrected chi connectivity index (χ2v) is 6.73. The molecule has 0 fully saturated rings. The minimum atomic E-state index is -0.243. The number of hydrogen-bond donors (Lipinski definition) is 1. The van der Waals surface area contributed by atoms with E-state index in [-0.39, 0.29) is 11.3 Å². The highest BCUT2D eigenvalue weighted by atomic mass is 35.5. The number of nitrogens with one attached hydrogen (secondary N) is 1. The summed E-state index contributed by atoms with van der Waals surface area (Å²) in [5.74, 6) is -0.243. The summed E-state index contributed by atoms with van der Waals surface area (Å²) in [7, 11) is 1.70. The monoisotopic (exact) mass is 320 g/mol. The number of nitrogens with zero attached hydrogens (tertiary/aromatic N) is 3. The van der Waals surface area contributed by atoms with E-state index in [1.165, 1.54) is 4.68 Å². The Balaban J connectivity index is 2.05. The van der Waals surface area contributed by atoms with E-state index in [4.69, 9.17) is 11.6 Å². The van der Waals surface area contributed by atoms with Gasteiger partial charge in [0.05, 0.1) is 10.7 Å². The normalized spacial score (nSPS) is 11.5. The van der Waals surface area contributed by atoms with Crippen molar-refractivity contribution >= 4 is 17.5 Å². The third-order valence-corrected chi connectivity index (χ3v) is 3.86. The number of rotatable bonds is 3. The van der Waals surface area contributed by atoms with Gasteiger partial charge in [0.2, 0.25) is 0 Å². The van der Waals surface area contributed by atoms with Crippen LogP contribution in [0.25, 0.3) is 0 Å². The maximum atomic E-state index is 12.2. The molecule has 2 rings (SSSR count). The third kappa shape index (κ3) is 3.47. The van der Waals surface area contributed by atoms with E-state index < -0.39 is 0 Å². The summed E-state index contributed by atoms with van der Waals surface area (Å²) < 4.78 is 1.49. The molecule has 2 aromatic rings. The van der Waals surface area contributed by atoms with Crippen LogP contribution in [0.5, 0.6) is 0 Å². The van der Waals surface area contributed by atoms with E-state index in [0.717, 1.165) is 11.3 Å². The second-order valence-electron chi connectivity index (χ2n) is 6.36. The Morgan fingerprint density at radius 1 is 1.36 bits per heavy atom. The molecule has 1 amide bonds. The largest absolute Gasteiger partial charge is 0.347 e. The Hall–Kier alpha value is -1.88. The lowest BCUT2D eigenvalue weighted by atomic mass is 9.91. The second kappa shape index (κ2) is 6.08. The molecular weight excluding hydrogens is 300 g/mol. The summed E-state index contributed by atoms with van der Waals surface area (Å²) in [4.78, 5) is 16.7. The van der Waals surface area contributed by atoms with Crippen molar-refractivity contribution in [1.82, 2.24) is 20.1 Å². The van der Waals surface area contributed by atoms with Crippen LogP contribution in [-0.2, 0) is 19.0 Å². The van der Waals surface area contributed by atoms with Crippen molar-refractivity contribution in [3.63, 3.8) is 0 Å². The highest BCUT2D eigenvalue weighted by Crippen LogP contribution is 2.20. The number of aromatic nitrogens is 3. The Morgan fingerprint density at radius 2 is 2.05 bits per heavy atom. The molecule has 1 N–H and O–H groups in total. The van der Waals surface area contributed by atoms with Crippen molar-refractivity contribution in [2.24, 2.45) is 7.05 Å². The van der Waals surface area contributed by atoms with Crippen molar-refractivity contribution in [2.75, 3.05) is 0 Å². The van der Waals surface area contributed by atoms with Crippen LogP contribution in [0.15, 0.2) is 18.3 Å². The Kier molecular flexibility index (Phi) is 4.56. The minimum Gasteiger partial charge on any atom is -0.347 e. The van der Waals surface area contributed by atoms with E-state index in [2.05, 4.69) is 36.2 Å². The first-order chi connectivity index (χ1) is 10.2. The van der Waals surface area contributed by atoms with Gasteiger partial charge in [0.1, 0.15) is 5.69 Å². The molecule has 0 aliphatic carbocycles. The van der Waals surface area contributed by atoms with E-state index in [1.54, 1.807) is 20.2 Å². The smallest absolute Gasteiger partial charge is 0.271 e. The fourth-order valence-corrected chi connectivity index (χ4v) is 2.36. The van der Waals surface area contributed by atoms with Crippen molar-refractivity contribution in [3.05, 3.63) is 46.0 Å². The molecule has 0 saturated carbocycles. The molecular formula is C16H21ClN4O. The average molecular weight is 321 g/mol. The molecule has 0 radical (unpaired) electrons. The average Bonchev–Trinajstić information content (AvgIpc) is 2.69. The number of halogens is 1. The number of carbonyl (C=O) groups is 1. The summed E-state index contributed by atoms with van der Waals surface area (Å²) in [6, 6.07) is 3.96. The third-order valence-electron chi connectivity index (χ3n) is 3.41. The summed E-state index contributed by atoms with van der Waals surface area (Å²) >= 11 is 6.11. The number of pyridine rings is 1. The van der Waals surface area contributed by atoms with Gasteiger partial charge < -0.3 is 5.32 Å². The predicted octanol–water partition coefficient (Wildman–Crippen LogP) is 3.00. The van der Waals surface area contributed by atoms with Crippen molar-refractivity contribution < 1.29 is 4.79 Å². The molecule has 0 bridgehead atoms. The van der Waals surface area contributed by atoms with Gasteiger partial charge in [-0.1, -0.05) is 38.4 Å². The van der Waals surface area contributed by atoms with E-state index >= 15 is 0 Å².